The Morgan fingerprint density at radius 1 is 1.23 bits per heavy atom. The molecular weight excluding hydrogens is 299 g/mol. The number of alkyl carbamates (subject to hydrolysis) is 1. The number of ether oxygens (including phenoxy) is 1. The van der Waals surface area contributed by atoms with Gasteiger partial charge in [0.2, 0.25) is 0 Å². The molecule has 22 heavy (non-hydrogen) atoms. The number of amidine groups is 1. The lowest BCUT2D eigenvalue weighted by Crippen LogP contribution is -2.40. The van der Waals surface area contributed by atoms with Gasteiger partial charge in [0.1, 0.15) is 17.5 Å². The lowest BCUT2D eigenvalue weighted by atomic mass is 10.0. The van der Waals surface area contributed by atoms with Crippen molar-refractivity contribution in [3.8, 4) is 0 Å². The molecule has 0 bridgehead atoms. The molecule has 4 N–H and O–H groups in total. The van der Waals surface area contributed by atoms with E-state index in [2.05, 4.69) is 5.32 Å². The Labute approximate surface area is 126 Å². The molecule has 0 saturated heterocycles. The second-order valence-electron chi connectivity index (χ2n) is 5.65. The average Bonchev–Trinajstić information content (AvgIpc) is 2.32. The zero-order chi connectivity index (χ0) is 17.1. The van der Waals surface area contributed by atoms with Crippen LogP contribution in [0.3, 0.4) is 0 Å². The van der Waals surface area contributed by atoms with Gasteiger partial charge in [-0.15, -0.1) is 0 Å². The second kappa shape index (κ2) is 6.25. The van der Waals surface area contributed by atoms with Crippen molar-refractivity contribution < 1.29 is 22.7 Å². The van der Waals surface area contributed by atoms with Gasteiger partial charge in [0.05, 0.1) is 5.56 Å². The molecule has 0 heterocycles. The second-order valence-corrected chi connectivity index (χ2v) is 5.65. The molecule has 0 fully saturated rings. The topological polar surface area (TPSA) is 88.2 Å². The standard InChI is InChI=1S/C14H18F3N3O2/c1-13(2,3)22-12(21)20-10(11(18)19)8-4-6-9(7-5-8)14(15,16)17/h4-7,10H,1-3H3,(H3,18,19)(H,20,21). The summed E-state index contributed by atoms with van der Waals surface area (Å²) in [4.78, 5) is 11.7. The zero-order valence-electron chi connectivity index (χ0n) is 12.4. The highest BCUT2D eigenvalue weighted by molar-refractivity contribution is 5.87. The van der Waals surface area contributed by atoms with Crippen LogP contribution in [-0.4, -0.2) is 17.5 Å². The van der Waals surface area contributed by atoms with Crippen LogP contribution in [-0.2, 0) is 10.9 Å². The van der Waals surface area contributed by atoms with Crippen molar-refractivity contribution >= 4 is 11.9 Å². The summed E-state index contributed by atoms with van der Waals surface area (Å²) < 4.78 is 42.6. The molecule has 0 spiro atoms. The first-order chi connectivity index (χ1) is 9.90. The van der Waals surface area contributed by atoms with Crippen molar-refractivity contribution in [1.82, 2.24) is 5.32 Å². The Bertz CT molecular complexity index is 548. The number of amides is 1. The van der Waals surface area contributed by atoms with Crippen LogP contribution < -0.4 is 11.1 Å². The van der Waals surface area contributed by atoms with E-state index in [9.17, 15) is 18.0 Å². The molecule has 122 valence electrons. The van der Waals surface area contributed by atoms with Crippen molar-refractivity contribution in [1.29, 1.82) is 5.41 Å². The van der Waals surface area contributed by atoms with Crippen LogP contribution in [0, 0.1) is 5.41 Å². The van der Waals surface area contributed by atoms with E-state index in [1.165, 1.54) is 0 Å². The number of carbonyl (C=O) groups is 1. The van der Waals surface area contributed by atoms with Crippen LogP contribution in [0.2, 0.25) is 0 Å². The van der Waals surface area contributed by atoms with E-state index in [0.29, 0.717) is 0 Å². The molecular formula is C14H18F3N3O2. The van der Waals surface area contributed by atoms with E-state index in [-0.39, 0.29) is 5.56 Å². The molecule has 0 radical (unpaired) electrons. The number of nitrogens with one attached hydrogen (secondary N) is 2. The number of carbonyl (C=O) groups excluding carboxylic acids is 1. The number of halogens is 3. The summed E-state index contributed by atoms with van der Waals surface area (Å²) in [7, 11) is 0. The van der Waals surface area contributed by atoms with Crippen molar-refractivity contribution in [3.05, 3.63) is 35.4 Å². The Hall–Kier alpha value is -2.25. The lowest BCUT2D eigenvalue weighted by molar-refractivity contribution is -0.137. The molecule has 0 aliphatic heterocycles. The largest absolute Gasteiger partial charge is 0.444 e. The smallest absolute Gasteiger partial charge is 0.416 e. The van der Waals surface area contributed by atoms with Crippen LogP contribution in [0.4, 0.5) is 18.0 Å². The third-order valence-electron chi connectivity index (χ3n) is 2.54. The third-order valence-corrected chi connectivity index (χ3v) is 2.54. The molecule has 0 saturated carbocycles. The van der Waals surface area contributed by atoms with Crippen LogP contribution in [0.15, 0.2) is 24.3 Å². The number of hydrogen-bond acceptors (Lipinski definition) is 3. The zero-order valence-corrected chi connectivity index (χ0v) is 12.4. The molecule has 0 aliphatic rings. The minimum Gasteiger partial charge on any atom is -0.444 e. The Balaban J connectivity index is 2.93. The Morgan fingerprint density at radius 3 is 2.09 bits per heavy atom. The van der Waals surface area contributed by atoms with Crippen molar-refractivity contribution in [2.75, 3.05) is 0 Å². The molecule has 1 atom stereocenters. The minimum absolute atomic E-state index is 0.256. The van der Waals surface area contributed by atoms with Gasteiger partial charge < -0.3 is 15.8 Å². The van der Waals surface area contributed by atoms with Gasteiger partial charge in [0.25, 0.3) is 0 Å². The van der Waals surface area contributed by atoms with Gasteiger partial charge in [-0.1, -0.05) is 12.1 Å². The molecule has 0 aliphatic carbocycles. The maximum Gasteiger partial charge on any atom is 0.416 e. The van der Waals surface area contributed by atoms with Gasteiger partial charge in [-0.05, 0) is 38.5 Å². The van der Waals surface area contributed by atoms with E-state index in [4.69, 9.17) is 15.9 Å². The normalized spacial score (nSPS) is 13.4. The van der Waals surface area contributed by atoms with Crippen molar-refractivity contribution in [2.45, 2.75) is 38.6 Å². The van der Waals surface area contributed by atoms with E-state index in [0.717, 1.165) is 24.3 Å². The highest BCUT2D eigenvalue weighted by Crippen LogP contribution is 2.30. The van der Waals surface area contributed by atoms with Gasteiger partial charge in [-0.25, -0.2) is 4.79 Å². The van der Waals surface area contributed by atoms with Crippen LogP contribution in [0.1, 0.15) is 37.9 Å². The minimum atomic E-state index is -4.46. The fourth-order valence-corrected chi connectivity index (χ4v) is 1.63. The number of alkyl halides is 3. The Kier molecular flexibility index (Phi) is 5.05. The third kappa shape index (κ3) is 5.27. The summed E-state index contributed by atoms with van der Waals surface area (Å²) in [5, 5.41) is 9.83. The maximum atomic E-state index is 12.5. The monoisotopic (exact) mass is 317 g/mol. The summed E-state index contributed by atoms with van der Waals surface area (Å²) in [5.41, 5.74) is 4.08. The first kappa shape index (κ1) is 17.8. The summed E-state index contributed by atoms with van der Waals surface area (Å²) in [6.45, 7) is 4.98. The highest BCUT2D eigenvalue weighted by atomic mass is 19.4. The van der Waals surface area contributed by atoms with E-state index >= 15 is 0 Å². The molecule has 0 aromatic heterocycles. The average molecular weight is 317 g/mol. The van der Waals surface area contributed by atoms with Crippen LogP contribution in [0.25, 0.3) is 0 Å². The number of nitrogens with two attached hydrogens (primary N) is 1. The van der Waals surface area contributed by atoms with Crippen molar-refractivity contribution in [2.24, 2.45) is 5.73 Å². The Morgan fingerprint density at radius 2 is 1.73 bits per heavy atom. The summed E-state index contributed by atoms with van der Waals surface area (Å²) in [5.74, 6) is -0.411. The molecule has 1 aromatic carbocycles. The van der Waals surface area contributed by atoms with Crippen LogP contribution >= 0.6 is 0 Å². The SMILES string of the molecule is CC(C)(C)OC(=O)NC(C(=N)N)c1ccc(C(F)(F)F)cc1. The molecule has 1 rings (SSSR count). The predicted octanol–water partition coefficient (Wildman–Crippen LogP) is 3.21. The van der Waals surface area contributed by atoms with Crippen molar-refractivity contribution in [3.63, 3.8) is 0 Å². The predicted molar refractivity (Wildman–Crippen MR) is 75.5 cm³/mol. The van der Waals surface area contributed by atoms with Gasteiger partial charge in [0, 0.05) is 0 Å². The molecule has 8 heteroatoms. The molecule has 1 amide bonds. The first-order valence-corrected chi connectivity index (χ1v) is 6.41. The summed E-state index contributed by atoms with van der Waals surface area (Å²) >= 11 is 0. The van der Waals surface area contributed by atoms with Gasteiger partial charge in [-0.3, -0.25) is 5.41 Å². The van der Waals surface area contributed by atoms with E-state index < -0.39 is 35.3 Å². The fourth-order valence-electron chi connectivity index (χ4n) is 1.63. The summed E-state index contributed by atoms with van der Waals surface area (Å²) in [6, 6.07) is 2.99. The quantitative estimate of drug-likeness (QED) is 0.591. The lowest BCUT2D eigenvalue weighted by Gasteiger charge is -2.23. The van der Waals surface area contributed by atoms with Gasteiger partial charge in [0.15, 0.2) is 0 Å². The molecule has 1 aromatic rings. The molecule has 1 unspecified atom stereocenters. The van der Waals surface area contributed by atoms with Crippen LogP contribution in [0.5, 0.6) is 0 Å². The van der Waals surface area contributed by atoms with Gasteiger partial charge >= 0.3 is 12.3 Å². The van der Waals surface area contributed by atoms with Gasteiger partial charge in [-0.2, -0.15) is 13.2 Å². The summed E-state index contributed by atoms with van der Waals surface area (Å²) in [6.07, 6.45) is -5.27. The number of benzene rings is 1. The first-order valence-electron chi connectivity index (χ1n) is 6.41. The fraction of sp³-hybridized carbons (Fsp3) is 0.429. The van der Waals surface area contributed by atoms with E-state index in [1.807, 2.05) is 0 Å². The highest BCUT2D eigenvalue weighted by Gasteiger charge is 2.30. The van der Waals surface area contributed by atoms with E-state index in [1.54, 1.807) is 20.8 Å². The molecule has 5 nitrogen and oxygen atoms in total. The maximum absolute atomic E-state index is 12.5. The number of hydrogen-bond donors (Lipinski definition) is 3. The number of rotatable bonds is 3.